The van der Waals surface area contributed by atoms with Gasteiger partial charge in [-0.2, -0.15) is 0 Å². The minimum absolute atomic E-state index is 0.102. The van der Waals surface area contributed by atoms with Crippen LogP contribution in [0.25, 0.3) is 33.4 Å². The fourth-order valence-electron chi connectivity index (χ4n) is 11.3. The van der Waals surface area contributed by atoms with Gasteiger partial charge in [0.05, 0.1) is 31.0 Å². The van der Waals surface area contributed by atoms with Crippen molar-refractivity contribution in [2.24, 2.45) is 0 Å². The molecule has 0 fully saturated rings. The second-order valence-electron chi connectivity index (χ2n) is 21.4. The molecular weight excluding hydrogens is 1100 g/mol. The summed E-state index contributed by atoms with van der Waals surface area (Å²) in [6, 6.07) is 91.0. The van der Waals surface area contributed by atoms with Gasteiger partial charge in [0, 0.05) is 21.0 Å². The molecule has 0 radical (unpaired) electrons. The number of para-hydroxylation sites is 2. The minimum atomic E-state index is -3.63. The normalized spacial score (nSPS) is 13.6. The van der Waals surface area contributed by atoms with Crippen LogP contribution in [-0.2, 0) is 36.9 Å². The molecule has 1 heterocycles. The summed E-state index contributed by atoms with van der Waals surface area (Å²) in [5, 5.41) is 0. The maximum atomic E-state index is 13.4. The lowest BCUT2D eigenvalue weighted by Crippen LogP contribution is -2.30. The topological polar surface area (TPSA) is 71.5 Å². The van der Waals surface area contributed by atoms with Crippen LogP contribution in [0.3, 0.4) is 0 Å². The fourth-order valence-corrected chi connectivity index (χ4v) is 14.1. The molecule has 11 aromatic carbocycles. The highest BCUT2D eigenvalue weighted by molar-refractivity contribution is 9.10. The van der Waals surface area contributed by atoms with Gasteiger partial charge < -0.3 is 4.90 Å². The van der Waals surface area contributed by atoms with E-state index in [9.17, 15) is 16.8 Å². The Morgan fingerprint density at radius 1 is 0.309 bits per heavy atom. The average Bonchev–Trinajstić information content (AvgIpc) is 3.52. The van der Waals surface area contributed by atoms with Crippen LogP contribution in [-0.4, -0.2) is 16.8 Å². The summed E-state index contributed by atoms with van der Waals surface area (Å²) in [7, 11) is -7.11. The Bertz CT molecular complexity index is 4140. The van der Waals surface area contributed by atoms with Gasteiger partial charge in [0.1, 0.15) is 0 Å². The molecule has 0 aromatic heterocycles. The number of anilines is 3. The van der Waals surface area contributed by atoms with Gasteiger partial charge >= 0.3 is 0 Å². The first-order valence-electron chi connectivity index (χ1n) is 27.0. The maximum absolute atomic E-state index is 13.4. The zero-order valence-corrected chi connectivity index (χ0v) is 48.8. The highest BCUT2D eigenvalue weighted by atomic mass is 79.9. The molecule has 0 spiro atoms. The van der Waals surface area contributed by atoms with Gasteiger partial charge in [-0.05, 0) is 158 Å². The fraction of sp³-hybridized carbons (Fsp3) is 0.0959. The number of fused-ring (bicyclic) bond motifs is 4. The van der Waals surface area contributed by atoms with Crippen LogP contribution in [0.1, 0.15) is 61.1 Å². The van der Waals surface area contributed by atoms with E-state index in [1.54, 1.807) is 60.7 Å². The van der Waals surface area contributed by atoms with Crippen molar-refractivity contribution in [3.63, 3.8) is 0 Å². The van der Waals surface area contributed by atoms with E-state index in [0.29, 0.717) is 9.79 Å². The predicted octanol–water partition coefficient (Wildman–Crippen LogP) is 18.8. The molecule has 0 atom stereocenters. The molecule has 8 heteroatoms. The Balaban J connectivity index is 0.000000150. The van der Waals surface area contributed by atoms with Crippen LogP contribution in [0.2, 0.25) is 0 Å². The number of hydrogen-bond acceptors (Lipinski definition) is 5. The molecule has 1 aliphatic carbocycles. The summed E-state index contributed by atoms with van der Waals surface area (Å²) in [5.41, 5.74) is 18.1. The zero-order chi connectivity index (χ0) is 56.4. The van der Waals surface area contributed by atoms with Gasteiger partial charge in [-0.3, -0.25) is 0 Å². The van der Waals surface area contributed by atoms with Crippen LogP contribution in [0.4, 0.5) is 17.1 Å². The molecule has 0 saturated carbocycles. The number of benzene rings is 11. The van der Waals surface area contributed by atoms with Crippen LogP contribution >= 0.6 is 15.9 Å². The second-order valence-corrected chi connectivity index (χ2v) is 26.2. The summed E-state index contributed by atoms with van der Waals surface area (Å²) >= 11 is 3.31. The van der Waals surface area contributed by atoms with Crippen molar-refractivity contribution >= 4 is 52.7 Å². The van der Waals surface area contributed by atoms with Crippen LogP contribution in [0, 0.1) is 0 Å². The lowest BCUT2D eigenvalue weighted by Gasteiger charge is -2.42. The van der Waals surface area contributed by atoms with Crippen molar-refractivity contribution in [3.8, 4) is 33.4 Å². The summed E-state index contributed by atoms with van der Waals surface area (Å²) < 4.78 is 52.8. The highest BCUT2D eigenvalue weighted by Gasteiger charge is 2.36. The smallest absolute Gasteiger partial charge is 0.206 e. The van der Waals surface area contributed by atoms with Crippen LogP contribution in [0.15, 0.2) is 303 Å². The summed E-state index contributed by atoms with van der Waals surface area (Å²) in [4.78, 5) is 3.50. The molecule has 11 aromatic rings. The molecule has 5 nitrogen and oxygen atoms in total. The third-order valence-electron chi connectivity index (χ3n) is 15.7. The first-order chi connectivity index (χ1) is 39.1. The molecule has 0 N–H and O–H groups in total. The van der Waals surface area contributed by atoms with E-state index in [1.807, 2.05) is 97.1 Å². The molecule has 400 valence electrons. The Morgan fingerprint density at radius 3 is 0.951 bits per heavy atom. The summed E-state index contributed by atoms with van der Waals surface area (Å²) in [5.74, 6) is 0. The lowest BCUT2D eigenvalue weighted by molar-refractivity contribution is 0.594. The Labute approximate surface area is 485 Å². The third kappa shape index (κ3) is 11.0. The number of halogens is 1. The van der Waals surface area contributed by atoms with Crippen LogP contribution < -0.4 is 4.90 Å². The van der Waals surface area contributed by atoms with Crippen molar-refractivity contribution in [2.45, 2.75) is 64.5 Å². The van der Waals surface area contributed by atoms with E-state index in [-0.39, 0.29) is 20.6 Å². The zero-order valence-electron chi connectivity index (χ0n) is 45.5. The number of hydrogen-bond donors (Lipinski definition) is 0. The van der Waals surface area contributed by atoms with Gasteiger partial charge in [-0.25, -0.2) is 16.8 Å². The average molecular weight is 1160 g/mol. The molecule has 0 amide bonds. The molecule has 0 unspecified atom stereocenters. The first kappa shape index (κ1) is 54.6. The molecule has 13 rings (SSSR count). The van der Waals surface area contributed by atoms with Gasteiger partial charge in [0.25, 0.3) is 0 Å². The Hall–Kier alpha value is -8.40. The SMILES string of the molecule is CC1(C)c2ccccc2Cc2ccccc21.CC1(C)c2ccccc2N(c2ccc(-c3ccc(S(=O)(=O)c4ccc(-c5ccccc5)cc4)cc3)cc2)c2ccccc21.O=S(=O)(c1ccc(Br)cc1)c1ccc(-c2ccccc2)cc1. The molecule has 0 bridgehead atoms. The van der Waals surface area contributed by atoms with E-state index in [1.165, 1.54) is 44.8 Å². The standard InChI is InChI=1S/C39H31NO2S.C18H13BrO2S.C16H16/c1-39(2)35-12-6-8-14-37(35)40(38-15-9-7-13-36(38)39)32-22-16-29(17-23-32)31-20-26-34(27-21-31)43(41,42)33-24-18-30(19-25-33)28-10-4-3-5-11-28;19-16-8-12-18(13-9-16)22(20,21)17-10-6-15(7-11-17)14-4-2-1-3-5-14;1-16(2)14-9-5-3-7-12(14)11-13-8-4-6-10-15(13)16/h3-27H,1-2H3;1-13H;3-10H,11H2,1-2H3. The molecule has 2 aliphatic rings. The largest absolute Gasteiger partial charge is 0.310 e. The lowest BCUT2D eigenvalue weighted by atomic mass is 9.69. The third-order valence-corrected chi connectivity index (χ3v) is 19.8. The quantitative estimate of drug-likeness (QED) is 0.152. The Morgan fingerprint density at radius 2 is 0.580 bits per heavy atom. The van der Waals surface area contributed by atoms with Gasteiger partial charge in [-0.15, -0.1) is 0 Å². The van der Waals surface area contributed by atoms with E-state index < -0.39 is 19.7 Å². The number of rotatable bonds is 8. The molecule has 1 aliphatic heterocycles. The second kappa shape index (κ2) is 22.6. The van der Waals surface area contributed by atoms with Gasteiger partial charge in [0.15, 0.2) is 0 Å². The maximum Gasteiger partial charge on any atom is 0.206 e. The van der Waals surface area contributed by atoms with E-state index in [4.69, 9.17) is 0 Å². The number of nitrogens with zero attached hydrogens (tertiary/aromatic N) is 1. The van der Waals surface area contributed by atoms with Crippen LogP contribution in [0.5, 0.6) is 0 Å². The predicted molar refractivity (Wildman–Crippen MR) is 335 cm³/mol. The van der Waals surface area contributed by atoms with E-state index >= 15 is 0 Å². The minimum Gasteiger partial charge on any atom is -0.310 e. The molecule has 0 saturated heterocycles. The van der Waals surface area contributed by atoms with Crippen molar-refractivity contribution in [3.05, 3.63) is 317 Å². The van der Waals surface area contributed by atoms with Crippen molar-refractivity contribution in [2.75, 3.05) is 4.90 Å². The highest BCUT2D eigenvalue weighted by Crippen LogP contribution is 2.52. The number of sulfone groups is 2. The van der Waals surface area contributed by atoms with E-state index in [2.05, 4.69) is 170 Å². The van der Waals surface area contributed by atoms with Gasteiger partial charge in [0.2, 0.25) is 19.7 Å². The van der Waals surface area contributed by atoms with Crippen molar-refractivity contribution < 1.29 is 16.8 Å². The van der Waals surface area contributed by atoms with Gasteiger partial charge in [-0.1, -0.05) is 238 Å². The summed E-state index contributed by atoms with van der Waals surface area (Å²) in [6.45, 7) is 9.22. The van der Waals surface area contributed by atoms with Crippen molar-refractivity contribution in [1.82, 2.24) is 0 Å². The summed E-state index contributed by atoms with van der Waals surface area (Å²) in [6.07, 6.45) is 1.08. The Kier molecular flexibility index (Phi) is 15.2. The molecular formula is C73H60BrNO4S2. The van der Waals surface area contributed by atoms with E-state index in [0.717, 1.165) is 50.0 Å². The first-order valence-corrected chi connectivity index (χ1v) is 30.8. The monoisotopic (exact) mass is 1160 g/mol. The molecule has 81 heavy (non-hydrogen) atoms. The van der Waals surface area contributed by atoms with Crippen molar-refractivity contribution in [1.29, 1.82) is 0 Å².